The van der Waals surface area contributed by atoms with Gasteiger partial charge in [-0.05, 0) is 55.3 Å². The first kappa shape index (κ1) is 16.8. The predicted octanol–water partition coefficient (Wildman–Crippen LogP) is 4.07. The van der Waals surface area contributed by atoms with Crippen LogP contribution in [-0.4, -0.2) is 23.2 Å². The monoisotopic (exact) mass is 295 g/mol. The lowest BCUT2D eigenvalue weighted by molar-refractivity contribution is -0.150. The van der Waals surface area contributed by atoms with Gasteiger partial charge in [0, 0.05) is 12.1 Å². The summed E-state index contributed by atoms with van der Waals surface area (Å²) in [7, 11) is 0. The fourth-order valence-corrected chi connectivity index (χ4v) is 4.34. The number of aliphatic carboxylic acids is 1. The highest BCUT2D eigenvalue weighted by Gasteiger charge is 2.46. The highest BCUT2D eigenvalue weighted by Crippen LogP contribution is 2.45. The Balaban J connectivity index is 1.95. The number of rotatable bonds is 3. The van der Waals surface area contributed by atoms with Crippen molar-refractivity contribution in [1.29, 1.82) is 0 Å². The molecule has 122 valence electrons. The van der Waals surface area contributed by atoms with Crippen LogP contribution in [0, 0.1) is 22.7 Å². The third-order valence-electron chi connectivity index (χ3n) is 6.53. The Kier molecular flexibility index (Phi) is 4.72. The van der Waals surface area contributed by atoms with Crippen LogP contribution in [0.4, 0.5) is 0 Å². The highest BCUT2D eigenvalue weighted by molar-refractivity contribution is 5.71. The van der Waals surface area contributed by atoms with Crippen molar-refractivity contribution in [2.45, 2.75) is 85.2 Å². The lowest BCUT2D eigenvalue weighted by Gasteiger charge is -2.48. The van der Waals surface area contributed by atoms with Gasteiger partial charge in [-0.2, -0.15) is 0 Å². The summed E-state index contributed by atoms with van der Waals surface area (Å²) in [6.45, 7) is 11.2. The molecule has 0 aromatic heterocycles. The maximum absolute atomic E-state index is 11.5. The normalized spacial score (nSPS) is 36.3. The minimum atomic E-state index is -0.621. The van der Waals surface area contributed by atoms with Crippen LogP contribution in [0.1, 0.15) is 73.1 Å². The molecule has 0 bridgehead atoms. The number of carboxylic acids is 1. The van der Waals surface area contributed by atoms with Crippen LogP contribution in [0.15, 0.2) is 0 Å². The first-order valence-corrected chi connectivity index (χ1v) is 8.62. The maximum atomic E-state index is 11.5. The Hall–Kier alpha value is -0.570. The van der Waals surface area contributed by atoms with Gasteiger partial charge in [-0.25, -0.2) is 0 Å². The van der Waals surface area contributed by atoms with Crippen molar-refractivity contribution in [1.82, 2.24) is 5.32 Å². The summed E-state index contributed by atoms with van der Waals surface area (Å²) in [5, 5.41) is 13.3. The second kappa shape index (κ2) is 5.91. The SMILES string of the molecule is CC1C(NC2CCC(C)(C)CC2)CCC(C(=O)O)C1(C)C. The molecule has 3 nitrogen and oxygen atoms in total. The van der Waals surface area contributed by atoms with Crippen molar-refractivity contribution < 1.29 is 9.90 Å². The molecule has 0 saturated heterocycles. The Morgan fingerprint density at radius 2 is 1.62 bits per heavy atom. The summed E-state index contributed by atoms with van der Waals surface area (Å²) < 4.78 is 0. The molecule has 0 spiro atoms. The maximum Gasteiger partial charge on any atom is 0.307 e. The van der Waals surface area contributed by atoms with E-state index in [1.165, 1.54) is 25.7 Å². The van der Waals surface area contributed by atoms with E-state index in [2.05, 4.69) is 39.9 Å². The molecule has 2 saturated carbocycles. The summed E-state index contributed by atoms with van der Waals surface area (Å²) in [6, 6.07) is 1.10. The molecule has 0 radical (unpaired) electrons. The fraction of sp³-hybridized carbons (Fsp3) is 0.944. The minimum absolute atomic E-state index is 0.129. The van der Waals surface area contributed by atoms with E-state index in [9.17, 15) is 9.90 Å². The van der Waals surface area contributed by atoms with E-state index in [0.717, 1.165) is 12.8 Å². The number of carboxylic acid groups (broad SMARTS) is 1. The Morgan fingerprint density at radius 1 is 1.05 bits per heavy atom. The van der Waals surface area contributed by atoms with Gasteiger partial charge in [0.25, 0.3) is 0 Å². The van der Waals surface area contributed by atoms with Crippen molar-refractivity contribution in [3.63, 3.8) is 0 Å². The molecule has 21 heavy (non-hydrogen) atoms. The largest absolute Gasteiger partial charge is 0.481 e. The first-order chi connectivity index (χ1) is 9.63. The van der Waals surface area contributed by atoms with Gasteiger partial charge in [-0.1, -0.05) is 34.6 Å². The molecule has 0 amide bonds. The van der Waals surface area contributed by atoms with Crippen molar-refractivity contribution in [3.8, 4) is 0 Å². The Morgan fingerprint density at radius 3 is 2.14 bits per heavy atom. The average molecular weight is 295 g/mol. The van der Waals surface area contributed by atoms with E-state index < -0.39 is 5.97 Å². The van der Waals surface area contributed by atoms with Crippen molar-refractivity contribution in [2.75, 3.05) is 0 Å². The molecule has 2 aliphatic rings. The average Bonchev–Trinajstić information content (AvgIpc) is 2.37. The van der Waals surface area contributed by atoms with E-state index in [4.69, 9.17) is 0 Å². The van der Waals surface area contributed by atoms with Gasteiger partial charge < -0.3 is 10.4 Å². The molecule has 3 heteroatoms. The van der Waals surface area contributed by atoms with Crippen molar-refractivity contribution in [3.05, 3.63) is 0 Å². The topological polar surface area (TPSA) is 49.3 Å². The zero-order chi connectivity index (χ0) is 15.8. The van der Waals surface area contributed by atoms with Crippen LogP contribution in [-0.2, 0) is 4.79 Å². The third-order valence-corrected chi connectivity index (χ3v) is 6.53. The van der Waals surface area contributed by atoms with Gasteiger partial charge >= 0.3 is 5.97 Å². The second-order valence-electron chi connectivity index (χ2n) is 8.79. The van der Waals surface area contributed by atoms with Gasteiger partial charge in [0.15, 0.2) is 0 Å². The molecule has 2 N–H and O–H groups in total. The first-order valence-electron chi connectivity index (χ1n) is 8.62. The van der Waals surface area contributed by atoms with Gasteiger partial charge in [0.05, 0.1) is 5.92 Å². The molecule has 3 atom stereocenters. The van der Waals surface area contributed by atoms with Crippen LogP contribution in [0.2, 0.25) is 0 Å². The van der Waals surface area contributed by atoms with Gasteiger partial charge in [-0.3, -0.25) is 4.79 Å². The Bertz CT molecular complexity index is 379. The summed E-state index contributed by atoms with van der Waals surface area (Å²) >= 11 is 0. The molecular formula is C18H33NO2. The quantitative estimate of drug-likeness (QED) is 0.825. The molecule has 2 aliphatic carbocycles. The van der Waals surface area contributed by atoms with Gasteiger partial charge in [0.2, 0.25) is 0 Å². The summed E-state index contributed by atoms with van der Waals surface area (Å²) in [6.07, 6.45) is 6.93. The number of carbonyl (C=O) groups is 1. The van der Waals surface area contributed by atoms with Gasteiger partial charge in [-0.15, -0.1) is 0 Å². The summed E-state index contributed by atoms with van der Waals surface area (Å²) in [4.78, 5) is 11.5. The second-order valence-corrected chi connectivity index (χ2v) is 8.79. The summed E-state index contributed by atoms with van der Waals surface area (Å²) in [5.74, 6) is -0.414. The predicted molar refractivity (Wildman–Crippen MR) is 86.3 cm³/mol. The molecule has 0 aromatic rings. The van der Waals surface area contributed by atoms with Crippen molar-refractivity contribution in [2.24, 2.45) is 22.7 Å². The zero-order valence-electron chi connectivity index (χ0n) is 14.4. The van der Waals surface area contributed by atoms with Crippen LogP contribution >= 0.6 is 0 Å². The standard InChI is InChI=1S/C18H33NO2/c1-12-15(7-6-14(16(20)21)18(12,4)5)19-13-8-10-17(2,3)11-9-13/h12-15,19H,6-11H2,1-5H3,(H,20,21). The van der Waals surface area contributed by atoms with E-state index in [1.807, 2.05) is 0 Å². The molecule has 3 unspecified atom stereocenters. The van der Waals surface area contributed by atoms with Crippen molar-refractivity contribution >= 4 is 5.97 Å². The smallest absolute Gasteiger partial charge is 0.307 e. The Labute approximate surface area is 129 Å². The highest BCUT2D eigenvalue weighted by atomic mass is 16.4. The summed E-state index contributed by atoms with van der Waals surface area (Å²) in [5.41, 5.74) is 0.375. The number of nitrogens with one attached hydrogen (secondary N) is 1. The fourth-order valence-electron chi connectivity index (χ4n) is 4.34. The van der Waals surface area contributed by atoms with E-state index in [1.54, 1.807) is 0 Å². The van der Waals surface area contributed by atoms with Crippen LogP contribution in [0.3, 0.4) is 0 Å². The lowest BCUT2D eigenvalue weighted by Crippen LogP contribution is -2.54. The van der Waals surface area contributed by atoms with E-state index in [0.29, 0.717) is 23.4 Å². The van der Waals surface area contributed by atoms with E-state index in [-0.39, 0.29) is 11.3 Å². The number of hydrogen-bond acceptors (Lipinski definition) is 2. The molecule has 0 aliphatic heterocycles. The van der Waals surface area contributed by atoms with Crippen LogP contribution in [0.5, 0.6) is 0 Å². The third kappa shape index (κ3) is 3.61. The zero-order valence-corrected chi connectivity index (χ0v) is 14.4. The molecule has 0 aromatic carbocycles. The van der Waals surface area contributed by atoms with Crippen LogP contribution < -0.4 is 5.32 Å². The number of hydrogen-bond donors (Lipinski definition) is 2. The van der Waals surface area contributed by atoms with E-state index >= 15 is 0 Å². The molecule has 0 heterocycles. The minimum Gasteiger partial charge on any atom is -0.481 e. The lowest BCUT2D eigenvalue weighted by atomic mass is 9.60. The molecular weight excluding hydrogens is 262 g/mol. The molecule has 2 fully saturated rings. The van der Waals surface area contributed by atoms with Crippen LogP contribution in [0.25, 0.3) is 0 Å². The van der Waals surface area contributed by atoms with Gasteiger partial charge in [0.1, 0.15) is 0 Å². The molecule has 2 rings (SSSR count).